The molecule has 2 rings (SSSR count). The minimum atomic E-state index is -1.36. The molecule has 1 unspecified atom stereocenters. The van der Waals surface area contributed by atoms with Gasteiger partial charge in [-0.05, 0) is 25.5 Å². The van der Waals surface area contributed by atoms with Crippen LogP contribution in [-0.4, -0.2) is 31.4 Å². The molecule has 1 aromatic heterocycles. The highest BCUT2D eigenvalue weighted by Crippen LogP contribution is 2.29. The molecule has 2 amide bonds. The van der Waals surface area contributed by atoms with Crippen molar-refractivity contribution in [3.63, 3.8) is 0 Å². The molecular formula is C12H13ClN4O3S. The summed E-state index contributed by atoms with van der Waals surface area (Å²) in [7, 11) is 0. The molecule has 0 fully saturated rings. The fraction of sp³-hybridized carbons (Fsp3) is 0.333. The predicted octanol–water partition coefficient (Wildman–Crippen LogP) is 2.72. The van der Waals surface area contributed by atoms with Crippen molar-refractivity contribution in [2.75, 3.05) is 5.32 Å². The smallest absolute Gasteiger partial charge is 0.329 e. The van der Waals surface area contributed by atoms with E-state index in [-0.39, 0.29) is 6.42 Å². The van der Waals surface area contributed by atoms with E-state index in [9.17, 15) is 9.59 Å². The van der Waals surface area contributed by atoms with E-state index in [1.807, 2.05) is 0 Å². The van der Waals surface area contributed by atoms with Gasteiger partial charge < -0.3 is 15.7 Å². The number of hydrogen-bond donors (Lipinski definition) is 3. The van der Waals surface area contributed by atoms with Gasteiger partial charge in [0.2, 0.25) is 0 Å². The van der Waals surface area contributed by atoms with Gasteiger partial charge in [0.1, 0.15) is 16.6 Å². The number of benzene rings is 1. The number of nitrogens with one attached hydrogen (secondary N) is 2. The summed E-state index contributed by atoms with van der Waals surface area (Å²) in [5, 5.41) is 14.4. The number of carboxylic acid groups (broad SMARTS) is 1. The summed E-state index contributed by atoms with van der Waals surface area (Å²) < 4.78 is 8.12. The summed E-state index contributed by atoms with van der Waals surface area (Å²) >= 11 is 7.05. The van der Waals surface area contributed by atoms with Crippen LogP contribution in [0.25, 0.3) is 11.0 Å². The molecule has 2 aromatic rings. The van der Waals surface area contributed by atoms with Crippen molar-refractivity contribution in [1.29, 1.82) is 0 Å². The molecule has 1 atom stereocenters. The molecule has 0 aliphatic heterocycles. The second kappa shape index (κ2) is 5.82. The van der Waals surface area contributed by atoms with Gasteiger partial charge in [0.25, 0.3) is 0 Å². The third-order valence-corrected chi connectivity index (χ3v) is 4.04. The minimum absolute atomic E-state index is 0.242. The average molecular weight is 329 g/mol. The zero-order valence-corrected chi connectivity index (χ0v) is 12.9. The Balaban J connectivity index is 2.24. The van der Waals surface area contributed by atoms with Gasteiger partial charge in [0.15, 0.2) is 0 Å². The topological polar surface area (TPSA) is 104 Å². The number of carbonyl (C=O) groups is 2. The molecule has 0 bridgehead atoms. The lowest BCUT2D eigenvalue weighted by Gasteiger charge is -2.24. The van der Waals surface area contributed by atoms with Gasteiger partial charge in [-0.15, -0.1) is 0 Å². The maximum Gasteiger partial charge on any atom is 0.329 e. The van der Waals surface area contributed by atoms with Crippen molar-refractivity contribution in [3.05, 3.63) is 17.2 Å². The molecule has 0 saturated carbocycles. The van der Waals surface area contributed by atoms with E-state index in [1.54, 1.807) is 19.1 Å². The largest absolute Gasteiger partial charge is 0.480 e. The minimum Gasteiger partial charge on any atom is -0.480 e. The molecule has 7 nitrogen and oxygen atoms in total. The van der Waals surface area contributed by atoms with Crippen LogP contribution < -0.4 is 10.6 Å². The number of fused-ring (bicyclic) bond motifs is 1. The number of hydrogen-bond acceptors (Lipinski definition) is 5. The van der Waals surface area contributed by atoms with E-state index in [4.69, 9.17) is 16.7 Å². The third kappa shape index (κ3) is 3.06. The monoisotopic (exact) mass is 328 g/mol. The summed E-state index contributed by atoms with van der Waals surface area (Å²) in [6.45, 7) is 3.11. The lowest BCUT2D eigenvalue weighted by molar-refractivity contribution is -0.143. The average Bonchev–Trinajstić information content (AvgIpc) is 2.90. The molecule has 0 aliphatic carbocycles. The van der Waals surface area contributed by atoms with Crippen molar-refractivity contribution >= 4 is 52.1 Å². The van der Waals surface area contributed by atoms with E-state index in [0.717, 1.165) is 11.7 Å². The fourth-order valence-electron chi connectivity index (χ4n) is 1.63. The standard InChI is InChI=1S/C12H13ClN4O3S/c1-3-12(2,10(18)19)15-11(20)14-8-6(13)4-5-7-9(8)17-21-16-7/h4-5H,3H2,1-2H3,(H,18,19)(H2,14,15,20). The van der Waals surface area contributed by atoms with Crippen LogP contribution in [0.5, 0.6) is 0 Å². The molecule has 0 spiro atoms. The number of carbonyl (C=O) groups excluding carboxylic acids is 1. The van der Waals surface area contributed by atoms with Gasteiger partial charge in [0, 0.05) is 0 Å². The number of rotatable bonds is 4. The Morgan fingerprint density at radius 1 is 1.43 bits per heavy atom. The van der Waals surface area contributed by atoms with Gasteiger partial charge in [-0.1, -0.05) is 18.5 Å². The van der Waals surface area contributed by atoms with Crippen LogP contribution in [0, 0.1) is 0 Å². The first kappa shape index (κ1) is 15.5. The Morgan fingerprint density at radius 3 is 2.76 bits per heavy atom. The van der Waals surface area contributed by atoms with Gasteiger partial charge in [-0.3, -0.25) is 0 Å². The Kier molecular flexibility index (Phi) is 4.29. The van der Waals surface area contributed by atoms with Crippen molar-refractivity contribution in [1.82, 2.24) is 14.1 Å². The van der Waals surface area contributed by atoms with Crippen LogP contribution in [-0.2, 0) is 4.79 Å². The summed E-state index contributed by atoms with van der Waals surface area (Å²) in [5.74, 6) is -1.11. The number of nitrogens with zero attached hydrogens (tertiary/aromatic N) is 2. The zero-order chi connectivity index (χ0) is 15.6. The normalized spacial score (nSPS) is 13.7. The van der Waals surface area contributed by atoms with Crippen LogP contribution in [0.1, 0.15) is 20.3 Å². The molecule has 0 saturated heterocycles. The number of anilines is 1. The first-order valence-corrected chi connectivity index (χ1v) is 7.21. The molecule has 9 heteroatoms. The highest BCUT2D eigenvalue weighted by atomic mass is 35.5. The Morgan fingerprint density at radius 2 is 2.14 bits per heavy atom. The quantitative estimate of drug-likeness (QED) is 0.800. The Bertz CT molecular complexity index is 705. The highest BCUT2D eigenvalue weighted by molar-refractivity contribution is 7.00. The Hall–Kier alpha value is -1.93. The van der Waals surface area contributed by atoms with E-state index in [1.165, 1.54) is 6.92 Å². The molecular weight excluding hydrogens is 316 g/mol. The number of aromatic nitrogens is 2. The molecule has 112 valence electrons. The van der Waals surface area contributed by atoms with Crippen LogP contribution in [0.15, 0.2) is 12.1 Å². The van der Waals surface area contributed by atoms with Gasteiger partial charge >= 0.3 is 12.0 Å². The SMILES string of the molecule is CCC(C)(NC(=O)Nc1c(Cl)ccc2nsnc12)C(=O)O. The lowest BCUT2D eigenvalue weighted by Crippen LogP contribution is -2.53. The van der Waals surface area contributed by atoms with Crippen LogP contribution in [0.2, 0.25) is 5.02 Å². The second-order valence-corrected chi connectivity index (χ2v) is 5.56. The molecule has 3 N–H and O–H groups in total. The predicted molar refractivity (Wildman–Crippen MR) is 80.9 cm³/mol. The first-order chi connectivity index (χ1) is 9.87. The van der Waals surface area contributed by atoms with E-state index in [2.05, 4.69) is 19.4 Å². The van der Waals surface area contributed by atoms with E-state index in [0.29, 0.717) is 21.7 Å². The van der Waals surface area contributed by atoms with Crippen molar-refractivity contribution < 1.29 is 14.7 Å². The molecule has 1 heterocycles. The summed E-state index contributed by atoms with van der Waals surface area (Å²) in [4.78, 5) is 23.2. The van der Waals surface area contributed by atoms with Gasteiger partial charge in [0.05, 0.1) is 22.4 Å². The van der Waals surface area contributed by atoms with Crippen molar-refractivity contribution in [2.24, 2.45) is 0 Å². The Labute approximate surface area is 129 Å². The third-order valence-electron chi connectivity index (χ3n) is 3.18. The number of urea groups is 1. The number of aliphatic carboxylic acids is 1. The number of carboxylic acids is 1. The number of amides is 2. The maximum absolute atomic E-state index is 12.0. The fourth-order valence-corrected chi connectivity index (χ4v) is 2.38. The van der Waals surface area contributed by atoms with Crippen molar-refractivity contribution in [3.8, 4) is 0 Å². The van der Waals surface area contributed by atoms with Crippen LogP contribution in [0.3, 0.4) is 0 Å². The first-order valence-electron chi connectivity index (χ1n) is 6.10. The highest BCUT2D eigenvalue weighted by Gasteiger charge is 2.33. The summed E-state index contributed by atoms with van der Waals surface area (Å²) in [6.07, 6.45) is 0.242. The molecule has 0 aliphatic rings. The van der Waals surface area contributed by atoms with Gasteiger partial charge in [-0.25, -0.2) is 9.59 Å². The van der Waals surface area contributed by atoms with E-state index < -0.39 is 17.5 Å². The summed E-state index contributed by atoms with van der Waals surface area (Å²) in [6, 6.07) is 2.62. The van der Waals surface area contributed by atoms with Crippen LogP contribution in [0.4, 0.5) is 10.5 Å². The molecule has 21 heavy (non-hydrogen) atoms. The maximum atomic E-state index is 12.0. The second-order valence-electron chi connectivity index (χ2n) is 4.62. The zero-order valence-electron chi connectivity index (χ0n) is 11.3. The van der Waals surface area contributed by atoms with Gasteiger partial charge in [-0.2, -0.15) is 8.75 Å². The van der Waals surface area contributed by atoms with Crippen LogP contribution >= 0.6 is 23.3 Å². The van der Waals surface area contributed by atoms with Crippen molar-refractivity contribution in [2.45, 2.75) is 25.8 Å². The molecule has 1 aromatic carbocycles. The number of halogens is 1. The van der Waals surface area contributed by atoms with E-state index >= 15 is 0 Å². The summed E-state index contributed by atoms with van der Waals surface area (Å²) in [5.41, 5.74) is 0.0294. The molecule has 0 radical (unpaired) electrons. The lowest BCUT2D eigenvalue weighted by atomic mass is 10.00.